The van der Waals surface area contributed by atoms with E-state index in [1.165, 1.54) is 24.2 Å². The Bertz CT molecular complexity index is 838. The Morgan fingerprint density at radius 3 is 2.71 bits per heavy atom. The lowest BCUT2D eigenvalue weighted by molar-refractivity contribution is -0.116. The number of anilines is 1. The van der Waals surface area contributed by atoms with Gasteiger partial charge < -0.3 is 15.4 Å². The van der Waals surface area contributed by atoms with Crippen molar-refractivity contribution in [2.45, 2.75) is 63.5 Å². The van der Waals surface area contributed by atoms with Crippen LogP contribution in [0.1, 0.15) is 60.9 Å². The van der Waals surface area contributed by atoms with Gasteiger partial charge in [0.15, 0.2) is 0 Å². The van der Waals surface area contributed by atoms with Crippen LogP contribution in [0.5, 0.6) is 5.75 Å². The van der Waals surface area contributed by atoms with Crippen LogP contribution in [0.3, 0.4) is 0 Å². The molecule has 0 bridgehead atoms. The van der Waals surface area contributed by atoms with Crippen LogP contribution in [0.25, 0.3) is 0 Å². The predicted octanol–water partition coefficient (Wildman–Crippen LogP) is 4.53. The molecule has 2 saturated carbocycles. The number of hydrogen-bond donors (Lipinski definition) is 2. The van der Waals surface area contributed by atoms with E-state index in [4.69, 9.17) is 4.74 Å². The van der Waals surface area contributed by atoms with Gasteiger partial charge in [-0.05, 0) is 74.1 Å². The molecule has 0 aliphatic heterocycles. The van der Waals surface area contributed by atoms with Crippen LogP contribution >= 0.6 is 11.3 Å². The smallest absolute Gasteiger partial charge is 0.254 e. The Labute approximate surface area is 169 Å². The minimum absolute atomic E-state index is 0.0787. The second-order valence-electron chi connectivity index (χ2n) is 7.63. The van der Waals surface area contributed by atoms with E-state index in [-0.39, 0.29) is 11.8 Å². The lowest BCUT2D eigenvalue weighted by Crippen LogP contribution is -2.26. The molecule has 4 rings (SSSR count). The van der Waals surface area contributed by atoms with Crippen molar-refractivity contribution >= 4 is 28.2 Å². The third-order valence-electron chi connectivity index (χ3n) is 5.22. The van der Waals surface area contributed by atoms with Gasteiger partial charge in [0.2, 0.25) is 5.91 Å². The molecule has 2 fully saturated rings. The number of ether oxygens (including phenoxy) is 1. The van der Waals surface area contributed by atoms with Gasteiger partial charge in [-0.15, -0.1) is 11.3 Å². The monoisotopic (exact) mass is 398 g/mol. The zero-order valence-corrected chi connectivity index (χ0v) is 16.7. The Kier molecular flexibility index (Phi) is 5.95. The maximum absolute atomic E-state index is 12.4. The molecule has 1 aromatic heterocycles. The molecule has 2 aromatic rings. The zero-order valence-electron chi connectivity index (χ0n) is 15.9. The van der Waals surface area contributed by atoms with E-state index in [0.717, 1.165) is 37.0 Å². The maximum Gasteiger partial charge on any atom is 0.254 e. The summed E-state index contributed by atoms with van der Waals surface area (Å²) in [5.41, 5.74) is 1.64. The molecule has 6 heteroatoms. The molecule has 0 unspecified atom stereocenters. The van der Waals surface area contributed by atoms with E-state index in [0.29, 0.717) is 35.6 Å². The number of amides is 2. The summed E-state index contributed by atoms with van der Waals surface area (Å²) in [5, 5.41) is 8.32. The highest BCUT2D eigenvalue weighted by atomic mass is 32.1. The Morgan fingerprint density at radius 1 is 1.11 bits per heavy atom. The summed E-state index contributed by atoms with van der Waals surface area (Å²) in [6, 6.07) is 10.1. The fourth-order valence-corrected chi connectivity index (χ4v) is 4.30. The van der Waals surface area contributed by atoms with Gasteiger partial charge in [0.1, 0.15) is 10.8 Å². The molecule has 148 valence electrons. The van der Waals surface area contributed by atoms with Crippen LogP contribution in [-0.2, 0) is 11.2 Å². The third kappa shape index (κ3) is 5.13. The van der Waals surface area contributed by atoms with E-state index in [1.807, 2.05) is 29.6 Å². The minimum atomic E-state index is -0.101. The molecule has 2 amide bonds. The van der Waals surface area contributed by atoms with Crippen molar-refractivity contribution in [3.05, 3.63) is 46.8 Å². The van der Waals surface area contributed by atoms with Crippen LogP contribution in [0.2, 0.25) is 0 Å². The van der Waals surface area contributed by atoms with Gasteiger partial charge in [-0.25, -0.2) is 0 Å². The van der Waals surface area contributed by atoms with Gasteiger partial charge in [-0.3, -0.25) is 9.59 Å². The lowest BCUT2D eigenvalue weighted by Gasteiger charge is -2.14. The number of hydrogen-bond acceptors (Lipinski definition) is 4. The quantitative estimate of drug-likeness (QED) is 0.686. The summed E-state index contributed by atoms with van der Waals surface area (Å²) >= 11 is 1.38. The van der Waals surface area contributed by atoms with Crippen LogP contribution in [-0.4, -0.2) is 24.0 Å². The molecule has 1 aromatic carbocycles. The highest BCUT2D eigenvalue weighted by Crippen LogP contribution is 2.27. The second kappa shape index (κ2) is 8.78. The van der Waals surface area contributed by atoms with Crippen molar-refractivity contribution in [2.75, 3.05) is 5.32 Å². The molecule has 2 aliphatic rings. The summed E-state index contributed by atoms with van der Waals surface area (Å²) in [6.07, 6.45) is 8.17. The fraction of sp³-hybridized carbons (Fsp3) is 0.455. The summed E-state index contributed by atoms with van der Waals surface area (Å²) in [6.45, 7) is 0. The van der Waals surface area contributed by atoms with Gasteiger partial charge in [0, 0.05) is 12.5 Å². The minimum Gasteiger partial charge on any atom is -0.490 e. The largest absolute Gasteiger partial charge is 0.490 e. The first kappa shape index (κ1) is 19.0. The standard InChI is InChI=1S/C22H26N2O3S/c25-20(24-22-19(12-13-28-22)21(26)23-16-9-10-16)11-8-15-4-3-7-18(14-15)27-17-5-1-2-6-17/h3-4,7,12-14,16-17H,1-2,5-6,8-11H2,(H,23,26)(H,24,25). The van der Waals surface area contributed by atoms with Crippen molar-refractivity contribution in [3.63, 3.8) is 0 Å². The molecular formula is C22H26N2O3S. The van der Waals surface area contributed by atoms with Gasteiger partial charge in [-0.1, -0.05) is 12.1 Å². The average molecular weight is 399 g/mol. The SMILES string of the molecule is O=C(CCc1cccc(OC2CCCC2)c1)Nc1sccc1C(=O)NC1CC1. The summed E-state index contributed by atoms with van der Waals surface area (Å²) in [7, 11) is 0. The van der Waals surface area contributed by atoms with Crippen LogP contribution in [0.15, 0.2) is 35.7 Å². The van der Waals surface area contributed by atoms with Crippen molar-refractivity contribution in [1.29, 1.82) is 0 Å². The number of thiophene rings is 1. The average Bonchev–Trinajstić information content (AvgIpc) is 3.15. The number of aryl methyl sites for hydroxylation is 1. The number of carbonyl (C=O) groups is 2. The summed E-state index contributed by atoms with van der Waals surface area (Å²) in [5.74, 6) is 0.711. The van der Waals surface area contributed by atoms with E-state index in [2.05, 4.69) is 10.6 Å². The first-order valence-electron chi connectivity index (χ1n) is 10.1. The number of nitrogens with one attached hydrogen (secondary N) is 2. The molecule has 0 spiro atoms. The van der Waals surface area contributed by atoms with Crippen molar-refractivity contribution < 1.29 is 14.3 Å². The molecule has 2 aliphatic carbocycles. The first-order valence-corrected chi connectivity index (χ1v) is 11.0. The number of rotatable bonds is 8. The Morgan fingerprint density at radius 2 is 1.93 bits per heavy atom. The molecule has 0 radical (unpaired) electrons. The highest BCUT2D eigenvalue weighted by molar-refractivity contribution is 7.14. The van der Waals surface area contributed by atoms with Crippen LogP contribution < -0.4 is 15.4 Å². The molecule has 28 heavy (non-hydrogen) atoms. The van der Waals surface area contributed by atoms with Gasteiger partial charge >= 0.3 is 0 Å². The van der Waals surface area contributed by atoms with Crippen LogP contribution in [0.4, 0.5) is 5.00 Å². The van der Waals surface area contributed by atoms with E-state index in [1.54, 1.807) is 6.07 Å². The topological polar surface area (TPSA) is 67.4 Å². The Hall–Kier alpha value is -2.34. The third-order valence-corrected chi connectivity index (χ3v) is 6.05. The first-order chi connectivity index (χ1) is 13.7. The molecular weight excluding hydrogens is 372 g/mol. The van der Waals surface area contributed by atoms with Gasteiger partial charge in [0.05, 0.1) is 11.7 Å². The predicted molar refractivity (Wildman–Crippen MR) is 111 cm³/mol. The van der Waals surface area contributed by atoms with E-state index in [9.17, 15) is 9.59 Å². The van der Waals surface area contributed by atoms with Crippen molar-refractivity contribution in [1.82, 2.24) is 5.32 Å². The number of benzene rings is 1. The van der Waals surface area contributed by atoms with Gasteiger partial charge in [0.25, 0.3) is 5.91 Å². The molecule has 1 heterocycles. The number of carbonyl (C=O) groups excluding carboxylic acids is 2. The zero-order chi connectivity index (χ0) is 19.3. The Balaban J connectivity index is 1.29. The highest BCUT2D eigenvalue weighted by Gasteiger charge is 2.25. The lowest BCUT2D eigenvalue weighted by atomic mass is 10.1. The van der Waals surface area contributed by atoms with Crippen LogP contribution in [0, 0.1) is 0 Å². The fourth-order valence-electron chi connectivity index (χ4n) is 3.50. The van der Waals surface area contributed by atoms with Gasteiger partial charge in [-0.2, -0.15) is 0 Å². The summed E-state index contributed by atoms with van der Waals surface area (Å²) in [4.78, 5) is 24.6. The maximum atomic E-state index is 12.4. The molecule has 2 N–H and O–H groups in total. The molecule has 5 nitrogen and oxygen atoms in total. The van der Waals surface area contributed by atoms with E-state index >= 15 is 0 Å². The van der Waals surface area contributed by atoms with E-state index < -0.39 is 0 Å². The second-order valence-corrected chi connectivity index (χ2v) is 8.55. The summed E-state index contributed by atoms with van der Waals surface area (Å²) < 4.78 is 6.04. The van der Waals surface area contributed by atoms with Crippen molar-refractivity contribution in [3.8, 4) is 5.75 Å². The normalized spacial score (nSPS) is 16.7. The molecule has 0 saturated heterocycles. The molecule has 0 atom stereocenters. The van der Waals surface area contributed by atoms with Crippen molar-refractivity contribution in [2.24, 2.45) is 0 Å².